The van der Waals surface area contributed by atoms with Crippen molar-refractivity contribution in [1.29, 1.82) is 0 Å². The second-order valence-electron chi connectivity index (χ2n) is 3.77. The van der Waals surface area contributed by atoms with Crippen molar-refractivity contribution in [3.63, 3.8) is 0 Å². The number of ether oxygens (including phenoxy) is 2. The largest absolute Gasteiger partial charge is 0.416 e. The Hall–Kier alpha value is -0.490. The predicted octanol–water partition coefficient (Wildman–Crippen LogP) is 3.80. The molecule has 0 saturated carbocycles. The molecule has 2 nitrogen and oxygen atoms in total. The smallest absolute Gasteiger partial charge is 0.342 e. The average molecular weight is 301 g/mol. The van der Waals surface area contributed by atoms with Gasteiger partial charge in [-0.05, 0) is 12.1 Å². The molecule has 1 saturated heterocycles. The maximum atomic E-state index is 13.0. The van der Waals surface area contributed by atoms with Crippen LogP contribution in [0.15, 0.2) is 18.2 Å². The monoisotopic (exact) mass is 300 g/mol. The number of hydrogen-bond donors (Lipinski definition) is 0. The molecule has 1 aromatic rings. The van der Waals surface area contributed by atoms with Crippen LogP contribution in [0.4, 0.5) is 13.2 Å². The third-order valence-corrected chi connectivity index (χ3v) is 3.21. The minimum Gasteiger partial charge on any atom is -0.342 e. The number of alkyl halides is 4. The first kappa shape index (κ1) is 13.9. The number of halogens is 5. The van der Waals surface area contributed by atoms with Crippen LogP contribution in [0.3, 0.4) is 0 Å². The summed E-state index contributed by atoms with van der Waals surface area (Å²) in [6.07, 6.45) is -4.55. The van der Waals surface area contributed by atoms with Crippen molar-refractivity contribution in [2.24, 2.45) is 0 Å². The third kappa shape index (κ3) is 2.45. The third-order valence-electron chi connectivity index (χ3n) is 2.63. The predicted molar refractivity (Wildman–Crippen MR) is 60.8 cm³/mol. The van der Waals surface area contributed by atoms with Crippen molar-refractivity contribution in [2.75, 3.05) is 19.1 Å². The fourth-order valence-electron chi connectivity index (χ4n) is 1.84. The second-order valence-corrected chi connectivity index (χ2v) is 4.47. The highest BCUT2D eigenvalue weighted by molar-refractivity contribution is 6.30. The molecule has 0 aromatic heterocycles. The zero-order valence-electron chi connectivity index (χ0n) is 9.06. The van der Waals surface area contributed by atoms with Gasteiger partial charge >= 0.3 is 6.18 Å². The normalized spacial score (nSPS) is 19.2. The fourth-order valence-corrected chi connectivity index (χ4v) is 2.31. The number of hydrogen-bond acceptors (Lipinski definition) is 2. The van der Waals surface area contributed by atoms with Crippen LogP contribution in [0.25, 0.3) is 0 Å². The van der Waals surface area contributed by atoms with Crippen molar-refractivity contribution in [3.8, 4) is 0 Å². The Morgan fingerprint density at radius 2 is 1.83 bits per heavy atom. The topological polar surface area (TPSA) is 18.5 Å². The lowest BCUT2D eigenvalue weighted by atomic mass is 10.00. The zero-order valence-corrected chi connectivity index (χ0v) is 10.6. The van der Waals surface area contributed by atoms with E-state index in [9.17, 15) is 13.2 Å². The molecule has 1 aliphatic rings. The van der Waals surface area contributed by atoms with Crippen LogP contribution in [0.2, 0.25) is 5.02 Å². The zero-order chi connectivity index (χ0) is 13.4. The Morgan fingerprint density at radius 1 is 1.22 bits per heavy atom. The molecule has 18 heavy (non-hydrogen) atoms. The summed E-state index contributed by atoms with van der Waals surface area (Å²) in [6.45, 7) is 0.402. The Kier molecular flexibility index (Phi) is 3.78. The molecule has 0 bridgehead atoms. The molecule has 0 aliphatic carbocycles. The first-order chi connectivity index (χ1) is 8.39. The molecule has 0 amide bonds. The highest BCUT2D eigenvalue weighted by Gasteiger charge is 2.45. The Bertz CT molecular complexity index is 442. The van der Waals surface area contributed by atoms with Gasteiger partial charge in [-0.3, -0.25) is 0 Å². The van der Waals surface area contributed by atoms with Gasteiger partial charge in [-0.15, -0.1) is 11.6 Å². The van der Waals surface area contributed by atoms with Crippen LogP contribution >= 0.6 is 23.2 Å². The van der Waals surface area contributed by atoms with E-state index in [2.05, 4.69) is 0 Å². The molecule has 1 aliphatic heterocycles. The molecule has 1 fully saturated rings. The minimum absolute atomic E-state index is 0.00575. The van der Waals surface area contributed by atoms with Gasteiger partial charge in [0, 0.05) is 10.6 Å². The van der Waals surface area contributed by atoms with E-state index in [-0.39, 0.29) is 29.7 Å². The van der Waals surface area contributed by atoms with Crippen molar-refractivity contribution >= 4 is 23.2 Å². The first-order valence-electron chi connectivity index (χ1n) is 5.10. The molecule has 2 rings (SSSR count). The van der Waals surface area contributed by atoms with Gasteiger partial charge in [0.1, 0.15) is 0 Å². The van der Waals surface area contributed by atoms with E-state index in [1.807, 2.05) is 0 Å². The lowest BCUT2D eigenvalue weighted by molar-refractivity contribution is -0.165. The summed E-state index contributed by atoms with van der Waals surface area (Å²) in [7, 11) is 0. The number of benzene rings is 1. The van der Waals surface area contributed by atoms with E-state index in [4.69, 9.17) is 32.7 Å². The summed E-state index contributed by atoms with van der Waals surface area (Å²) < 4.78 is 49.4. The van der Waals surface area contributed by atoms with E-state index in [0.717, 1.165) is 6.07 Å². The van der Waals surface area contributed by atoms with E-state index in [1.165, 1.54) is 12.1 Å². The van der Waals surface area contributed by atoms with Crippen LogP contribution < -0.4 is 0 Å². The Balaban J connectivity index is 2.56. The van der Waals surface area contributed by atoms with Gasteiger partial charge in [-0.25, -0.2) is 0 Å². The maximum absolute atomic E-state index is 13.0. The van der Waals surface area contributed by atoms with Gasteiger partial charge in [-0.1, -0.05) is 17.7 Å². The molecule has 1 aromatic carbocycles. The molecule has 100 valence electrons. The highest BCUT2D eigenvalue weighted by Crippen LogP contribution is 2.42. The lowest BCUT2D eigenvalue weighted by Crippen LogP contribution is -2.32. The van der Waals surface area contributed by atoms with E-state index in [0.29, 0.717) is 0 Å². The minimum atomic E-state index is -4.55. The molecular weight excluding hydrogens is 292 g/mol. The molecule has 7 heteroatoms. The van der Waals surface area contributed by atoms with Gasteiger partial charge in [0.25, 0.3) is 0 Å². The van der Waals surface area contributed by atoms with Crippen LogP contribution in [-0.2, 0) is 21.4 Å². The molecular formula is C11H9Cl2F3O2. The summed E-state index contributed by atoms with van der Waals surface area (Å²) >= 11 is 11.3. The molecule has 0 radical (unpaired) electrons. The standard InChI is InChI=1S/C11H9Cl2F3O2/c12-6-10(17-3-4-18-10)8-2-1-7(13)5-9(8)11(14,15)16/h1-2,5H,3-4,6H2. The van der Waals surface area contributed by atoms with Gasteiger partial charge in [-0.2, -0.15) is 13.2 Å². The van der Waals surface area contributed by atoms with Crippen molar-refractivity contribution in [3.05, 3.63) is 34.3 Å². The van der Waals surface area contributed by atoms with Crippen molar-refractivity contribution in [2.45, 2.75) is 12.0 Å². The van der Waals surface area contributed by atoms with Crippen molar-refractivity contribution < 1.29 is 22.6 Å². The Labute approximate surface area is 112 Å². The molecule has 0 atom stereocenters. The fraction of sp³-hybridized carbons (Fsp3) is 0.455. The second kappa shape index (κ2) is 4.89. The Morgan fingerprint density at radius 3 is 2.33 bits per heavy atom. The summed E-state index contributed by atoms with van der Waals surface area (Å²) in [4.78, 5) is 0. The lowest BCUT2D eigenvalue weighted by Gasteiger charge is -2.28. The van der Waals surface area contributed by atoms with Gasteiger partial charge < -0.3 is 9.47 Å². The summed E-state index contributed by atoms with van der Waals surface area (Å²) in [6, 6.07) is 3.43. The SMILES string of the molecule is FC(F)(F)c1cc(Cl)ccc1C1(CCl)OCCO1. The quantitative estimate of drug-likeness (QED) is 0.774. The van der Waals surface area contributed by atoms with Crippen LogP contribution in [0.5, 0.6) is 0 Å². The van der Waals surface area contributed by atoms with Gasteiger partial charge in [0.15, 0.2) is 0 Å². The van der Waals surface area contributed by atoms with Crippen molar-refractivity contribution in [1.82, 2.24) is 0 Å². The van der Waals surface area contributed by atoms with Gasteiger partial charge in [0.05, 0.1) is 24.7 Å². The van der Waals surface area contributed by atoms with E-state index in [1.54, 1.807) is 0 Å². The highest BCUT2D eigenvalue weighted by atomic mass is 35.5. The van der Waals surface area contributed by atoms with Gasteiger partial charge in [0.2, 0.25) is 5.79 Å². The van der Waals surface area contributed by atoms with Crippen LogP contribution in [-0.4, -0.2) is 19.1 Å². The summed E-state index contributed by atoms with van der Waals surface area (Å²) in [5, 5.41) is -0.00575. The van der Waals surface area contributed by atoms with Crippen LogP contribution in [0, 0.1) is 0 Å². The van der Waals surface area contributed by atoms with E-state index >= 15 is 0 Å². The first-order valence-corrected chi connectivity index (χ1v) is 6.01. The van der Waals surface area contributed by atoms with Crippen LogP contribution in [0.1, 0.15) is 11.1 Å². The molecule has 0 N–H and O–H groups in total. The average Bonchev–Trinajstić information content (AvgIpc) is 2.77. The summed E-state index contributed by atoms with van der Waals surface area (Å²) in [5.41, 5.74) is -1.04. The van der Waals surface area contributed by atoms with E-state index < -0.39 is 17.5 Å². The molecule has 0 unspecified atom stereocenters. The molecule has 0 spiro atoms. The summed E-state index contributed by atoms with van der Waals surface area (Å²) in [5.74, 6) is -1.77. The molecule has 1 heterocycles. The maximum Gasteiger partial charge on any atom is 0.416 e. The number of rotatable bonds is 2.